The minimum absolute atomic E-state index is 0.160. The number of nitrogens with one attached hydrogen (secondary N) is 1. The van der Waals surface area contributed by atoms with Crippen molar-refractivity contribution in [1.29, 1.82) is 0 Å². The topological polar surface area (TPSA) is 29.1 Å². The Balaban J connectivity index is 2.40. The number of hydrogen-bond donors (Lipinski definition) is 1. The highest BCUT2D eigenvalue weighted by atomic mass is 32.2. The van der Waals surface area contributed by atoms with Crippen molar-refractivity contribution in [3.8, 4) is 0 Å². The lowest BCUT2D eigenvalue weighted by atomic mass is 9.94. The van der Waals surface area contributed by atoms with Gasteiger partial charge in [0, 0.05) is 12.3 Å². The number of carbonyl (C=O) groups excluding carboxylic acids is 1. The highest BCUT2D eigenvalue weighted by Crippen LogP contribution is 2.41. The Morgan fingerprint density at radius 1 is 1.40 bits per heavy atom. The van der Waals surface area contributed by atoms with E-state index in [4.69, 9.17) is 0 Å². The lowest BCUT2D eigenvalue weighted by Gasteiger charge is -2.35. The quantitative estimate of drug-likeness (QED) is 0.829. The molecule has 1 heterocycles. The molecule has 0 aliphatic carbocycles. The molecule has 1 aliphatic rings. The first-order valence-corrected chi connectivity index (χ1v) is 6.26. The summed E-state index contributed by atoms with van der Waals surface area (Å²) in [6, 6.07) is 10.1. The van der Waals surface area contributed by atoms with E-state index in [1.165, 1.54) is 0 Å². The van der Waals surface area contributed by atoms with Crippen LogP contribution in [0.3, 0.4) is 0 Å². The molecule has 0 bridgehead atoms. The fourth-order valence-electron chi connectivity index (χ4n) is 1.99. The van der Waals surface area contributed by atoms with Gasteiger partial charge in [-0.3, -0.25) is 4.79 Å². The standard InChI is InChI=1S/C12H15NOS/c1-2-12(10-6-4-3-5-7-10)11(14)13-8-9-15-12/h3-7H,2,8-9H2,1H3,(H,13,14). The van der Waals surface area contributed by atoms with Gasteiger partial charge in [-0.05, 0) is 12.0 Å². The molecule has 2 nitrogen and oxygen atoms in total. The summed E-state index contributed by atoms with van der Waals surface area (Å²) < 4.78 is -0.362. The third-order valence-electron chi connectivity index (χ3n) is 2.84. The van der Waals surface area contributed by atoms with Crippen molar-refractivity contribution in [2.75, 3.05) is 12.3 Å². The Kier molecular flexibility index (Phi) is 3.00. The summed E-state index contributed by atoms with van der Waals surface area (Å²) in [4.78, 5) is 12.0. The number of benzene rings is 1. The van der Waals surface area contributed by atoms with Gasteiger partial charge >= 0.3 is 0 Å². The van der Waals surface area contributed by atoms with Gasteiger partial charge in [0.2, 0.25) is 5.91 Å². The van der Waals surface area contributed by atoms with E-state index in [-0.39, 0.29) is 10.7 Å². The third-order valence-corrected chi connectivity index (χ3v) is 4.45. The minimum Gasteiger partial charge on any atom is -0.354 e. The summed E-state index contributed by atoms with van der Waals surface area (Å²) in [7, 11) is 0. The molecule has 1 unspecified atom stereocenters. The second kappa shape index (κ2) is 4.27. The maximum Gasteiger partial charge on any atom is 0.240 e. The Hall–Kier alpha value is -0.960. The van der Waals surface area contributed by atoms with Gasteiger partial charge in [0.1, 0.15) is 4.75 Å². The minimum atomic E-state index is -0.362. The Morgan fingerprint density at radius 3 is 2.73 bits per heavy atom. The van der Waals surface area contributed by atoms with Crippen molar-refractivity contribution in [2.24, 2.45) is 0 Å². The molecule has 0 saturated carbocycles. The third kappa shape index (κ3) is 1.76. The van der Waals surface area contributed by atoms with Gasteiger partial charge in [0.25, 0.3) is 0 Å². The summed E-state index contributed by atoms with van der Waals surface area (Å²) >= 11 is 1.76. The van der Waals surface area contributed by atoms with Crippen molar-refractivity contribution >= 4 is 17.7 Å². The number of rotatable bonds is 2. The van der Waals surface area contributed by atoms with Crippen LogP contribution in [0, 0.1) is 0 Å². The summed E-state index contributed by atoms with van der Waals surface area (Å²) in [6.45, 7) is 2.86. The maximum atomic E-state index is 12.0. The molecule has 3 heteroatoms. The SMILES string of the molecule is CCC1(c2ccccc2)SCCNC1=O. The molecule has 1 fully saturated rings. The summed E-state index contributed by atoms with van der Waals surface area (Å²) in [6.07, 6.45) is 0.841. The maximum absolute atomic E-state index is 12.0. The molecular weight excluding hydrogens is 206 g/mol. The number of thioether (sulfide) groups is 1. The molecule has 1 amide bonds. The van der Waals surface area contributed by atoms with E-state index in [1.807, 2.05) is 30.3 Å². The van der Waals surface area contributed by atoms with Gasteiger partial charge in [0.05, 0.1) is 0 Å². The molecular formula is C12H15NOS. The first-order chi connectivity index (χ1) is 7.29. The summed E-state index contributed by atoms with van der Waals surface area (Å²) in [5.41, 5.74) is 1.12. The lowest BCUT2D eigenvalue weighted by molar-refractivity contribution is -0.124. The Morgan fingerprint density at radius 2 is 2.13 bits per heavy atom. The fourth-order valence-corrected chi connectivity index (χ4v) is 3.25. The van der Waals surface area contributed by atoms with Crippen LogP contribution in [0.1, 0.15) is 18.9 Å². The molecule has 1 aliphatic heterocycles. The van der Waals surface area contributed by atoms with E-state index in [0.717, 1.165) is 24.3 Å². The van der Waals surface area contributed by atoms with Crippen LogP contribution < -0.4 is 5.32 Å². The van der Waals surface area contributed by atoms with Crippen molar-refractivity contribution in [2.45, 2.75) is 18.1 Å². The van der Waals surface area contributed by atoms with Gasteiger partial charge in [-0.15, -0.1) is 11.8 Å². The molecule has 0 spiro atoms. The van der Waals surface area contributed by atoms with Crippen LogP contribution in [0.2, 0.25) is 0 Å². The smallest absolute Gasteiger partial charge is 0.240 e. The lowest BCUT2D eigenvalue weighted by Crippen LogP contribution is -2.47. The molecule has 1 atom stereocenters. The predicted molar refractivity (Wildman–Crippen MR) is 63.9 cm³/mol. The zero-order valence-corrected chi connectivity index (χ0v) is 9.64. The van der Waals surface area contributed by atoms with Crippen LogP contribution in [0.25, 0.3) is 0 Å². The first-order valence-electron chi connectivity index (χ1n) is 5.27. The largest absolute Gasteiger partial charge is 0.354 e. The Bertz CT molecular complexity index is 352. The van der Waals surface area contributed by atoms with Crippen molar-refractivity contribution < 1.29 is 4.79 Å². The molecule has 1 N–H and O–H groups in total. The normalized spacial score (nSPS) is 26.1. The van der Waals surface area contributed by atoms with Crippen LogP contribution in [-0.4, -0.2) is 18.2 Å². The van der Waals surface area contributed by atoms with E-state index < -0.39 is 0 Å². The Labute approximate surface area is 94.4 Å². The van der Waals surface area contributed by atoms with Crippen molar-refractivity contribution in [1.82, 2.24) is 5.32 Å². The van der Waals surface area contributed by atoms with E-state index in [0.29, 0.717) is 0 Å². The molecule has 80 valence electrons. The summed E-state index contributed by atoms with van der Waals surface area (Å²) in [5, 5.41) is 2.96. The monoisotopic (exact) mass is 221 g/mol. The average Bonchev–Trinajstić information content (AvgIpc) is 2.31. The molecule has 0 aromatic heterocycles. The van der Waals surface area contributed by atoms with Crippen molar-refractivity contribution in [3.63, 3.8) is 0 Å². The molecule has 1 aromatic carbocycles. The molecule has 1 saturated heterocycles. The van der Waals surface area contributed by atoms with Crippen LogP contribution in [0.5, 0.6) is 0 Å². The predicted octanol–water partition coefficient (Wildman–Crippen LogP) is 2.15. The first kappa shape index (κ1) is 10.6. The second-order valence-corrected chi connectivity index (χ2v) is 5.04. The van der Waals surface area contributed by atoms with Crippen LogP contribution in [0.15, 0.2) is 30.3 Å². The zero-order chi connectivity index (χ0) is 10.7. The molecule has 2 rings (SSSR count). The van der Waals surface area contributed by atoms with E-state index >= 15 is 0 Å². The molecule has 0 radical (unpaired) electrons. The van der Waals surface area contributed by atoms with Gasteiger partial charge in [-0.25, -0.2) is 0 Å². The van der Waals surface area contributed by atoms with Gasteiger partial charge in [0.15, 0.2) is 0 Å². The van der Waals surface area contributed by atoms with Crippen molar-refractivity contribution in [3.05, 3.63) is 35.9 Å². The number of carbonyl (C=O) groups is 1. The van der Waals surface area contributed by atoms with Crippen LogP contribution >= 0.6 is 11.8 Å². The van der Waals surface area contributed by atoms with Crippen LogP contribution in [-0.2, 0) is 9.54 Å². The van der Waals surface area contributed by atoms with Crippen LogP contribution in [0.4, 0.5) is 0 Å². The van der Waals surface area contributed by atoms with Gasteiger partial charge in [-0.2, -0.15) is 0 Å². The molecule has 15 heavy (non-hydrogen) atoms. The van der Waals surface area contributed by atoms with E-state index in [1.54, 1.807) is 11.8 Å². The zero-order valence-electron chi connectivity index (χ0n) is 8.82. The van der Waals surface area contributed by atoms with E-state index in [2.05, 4.69) is 12.2 Å². The number of amides is 1. The van der Waals surface area contributed by atoms with E-state index in [9.17, 15) is 4.79 Å². The highest BCUT2D eigenvalue weighted by molar-refractivity contribution is 8.01. The van der Waals surface area contributed by atoms with Gasteiger partial charge < -0.3 is 5.32 Å². The highest BCUT2D eigenvalue weighted by Gasteiger charge is 2.40. The number of hydrogen-bond acceptors (Lipinski definition) is 2. The molecule has 1 aromatic rings. The van der Waals surface area contributed by atoms with Gasteiger partial charge in [-0.1, -0.05) is 37.3 Å². The summed E-state index contributed by atoms with van der Waals surface area (Å²) in [5.74, 6) is 1.15. The average molecular weight is 221 g/mol. The second-order valence-electron chi connectivity index (χ2n) is 3.65. The fraction of sp³-hybridized carbons (Fsp3) is 0.417.